The molecule has 2 saturated carbocycles. The predicted octanol–water partition coefficient (Wildman–Crippen LogP) is 4.88. The van der Waals surface area contributed by atoms with Crippen LogP contribution >= 0.6 is 11.6 Å². The van der Waals surface area contributed by atoms with Crippen molar-refractivity contribution >= 4 is 11.6 Å². The van der Waals surface area contributed by atoms with Gasteiger partial charge in [-0.15, -0.1) is 11.6 Å². The highest BCUT2D eigenvalue weighted by Gasteiger charge is 2.25. The molecule has 2 heteroatoms. The van der Waals surface area contributed by atoms with Crippen LogP contribution in [0.4, 0.5) is 0 Å². The van der Waals surface area contributed by atoms with Crippen molar-refractivity contribution in [1.82, 2.24) is 0 Å². The van der Waals surface area contributed by atoms with E-state index in [9.17, 15) is 0 Å². The van der Waals surface area contributed by atoms with Gasteiger partial charge in [0, 0.05) is 11.3 Å². The Morgan fingerprint density at radius 1 is 0.889 bits per heavy atom. The second-order valence-corrected chi connectivity index (χ2v) is 6.21. The van der Waals surface area contributed by atoms with Gasteiger partial charge in [0.15, 0.2) is 0 Å². The minimum atomic E-state index is 0.308. The Kier molecular flexibility index (Phi) is 3.79. The van der Waals surface area contributed by atoms with Gasteiger partial charge in [0.05, 0.1) is 6.10 Å². The second-order valence-electron chi connectivity index (χ2n) is 5.65. The minimum Gasteiger partial charge on any atom is -0.490 e. The van der Waals surface area contributed by atoms with Crippen LogP contribution in [0, 0.1) is 0 Å². The fraction of sp³-hybridized carbons (Fsp3) is 0.625. The molecule has 2 atom stereocenters. The lowest BCUT2D eigenvalue weighted by atomic mass is 9.91. The molecule has 1 nitrogen and oxygen atoms in total. The van der Waals surface area contributed by atoms with E-state index in [0.717, 1.165) is 12.2 Å². The highest BCUT2D eigenvalue weighted by atomic mass is 35.5. The Morgan fingerprint density at radius 2 is 1.61 bits per heavy atom. The van der Waals surface area contributed by atoms with Crippen molar-refractivity contribution in [3.05, 3.63) is 29.8 Å². The Morgan fingerprint density at radius 3 is 2.33 bits per heavy atom. The fourth-order valence-electron chi connectivity index (χ4n) is 2.81. The van der Waals surface area contributed by atoms with Crippen molar-refractivity contribution in [2.45, 2.75) is 62.3 Å². The summed E-state index contributed by atoms with van der Waals surface area (Å²) in [6.45, 7) is 0. The Bertz CT molecular complexity index is 383. The van der Waals surface area contributed by atoms with Crippen LogP contribution < -0.4 is 4.74 Å². The lowest BCUT2D eigenvalue weighted by Gasteiger charge is -2.20. The molecule has 0 heterocycles. The van der Waals surface area contributed by atoms with Gasteiger partial charge in [0.1, 0.15) is 5.75 Å². The van der Waals surface area contributed by atoms with E-state index >= 15 is 0 Å². The third-order valence-electron chi connectivity index (χ3n) is 4.07. The quantitative estimate of drug-likeness (QED) is 0.558. The molecular weight excluding hydrogens is 244 g/mol. The number of alkyl halides is 1. The normalized spacial score (nSPS) is 28.7. The third kappa shape index (κ3) is 3.00. The molecule has 0 bridgehead atoms. The maximum Gasteiger partial charge on any atom is 0.119 e. The first-order chi connectivity index (χ1) is 8.83. The molecule has 0 aromatic heterocycles. The van der Waals surface area contributed by atoms with Gasteiger partial charge in [-0.2, -0.15) is 0 Å². The lowest BCUT2D eigenvalue weighted by Crippen LogP contribution is -2.11. The van der Waals surface area contributed by atoms with Crippen molar-refractivity contribution in [3.63, 3.8) is 0 Å². The molecule has 1 aromatic carbocycles. The third-order valence-corrected chi connectivity index (χ3v) is 4.59. The van der Waals surface area contributed by atoms with Gasteiger partial charge in [-0.05, 0) is 43.4 Å². The molecule has 0 radical (unpaired) electrons. The zero-order valence-electron chi connectivity index (χ0n) is 10.8. The van der Waals surface area contributed by atoms with Crippen LogP contribution in [0.25, 0.3) is 0 Å². The molecule has 1 aromatic rings. The van der Waals surface area contributed by atoms with E-state index in [0.29, 0.717) is 17.4 Å². The topological polar surface area (TPSA) is 9.23 Å². The summed E-state index contributed by atoms with van der Waals surface area (Å²) in [7, 11) is 0. The first-order valence-corrected chi connectivity index (χ1v) is 7.67. The highest BCUT2D eigenvalue weighted by molar-refractivity contribution is 6.21. The van der Waals surface area contributed by atoms with E-state index < -0.39 is 0 Å². The summed E-state index contributed by atoms with van der Waals surface area (Å²) in [4.78, 5) is 0. The van der Waals surface area contributed by atoms with Gasteiger partial charge < -0.3 is 4.74 Å². The maximum atomic E-state index is 6.52. The number of rotatable bonds is 3. The molecule has 18 heavy (non-hydrogen) atoms. The van der Waals surface area contributed by atoms with E-state index in [4.69, 9.17) is 16.3 Å². The number of hydrogen-bond acceptors (Lipinski definition) is 1. The molecule has 0 spiro atoms. The predicted molar refractivity (Wildman–Crippen MR) is 75.6 cm³/mol. The highest BCUT2D eigenvalue weighted by Crippen LogP contribution is 2.36. The summed E-state index contributed by atoms with van der Waals surface area (Å²) < 4.78 is 5.79. The molecule has 3 rings (SSSR count). The van der Waals surface area contributed by atoms with Crippen LogP contribution in [0.2, 0.25) is 0 Å². The summed E-state index contributed by atoms with van der Waals surface area (Å²) in [5, 5.41) is 0.308. The number of ether oxygens (including phenoxy) is 1. The molecule has 98 valence electrons. The molecule has 2 unspecified atom stereocenters. The zero-order chi connectivity index (χ0) is 12.4. The molecule has 0 aliphatic heterocycles. The van der Waals surface area contributed by atoms with E-state index in [-0.39, 0.29) is 0 Å². The monoisotopic (exact) mass is 264 g/mol. The van der Waals surface area contributed by atoms with E-state index in [1.54, 1.807) is 0 Å². The maximum absolute atomic E-state index is 6.52. The lowest BCUT2D eigenvalue weighted by molar-refractivity contribution is 0.303. The van der Waals surface area contributed by atoms with Crippen molar-refractivity contribution in [1.29, 1.82) is 0 Å². The largest absolute Gasteiger partial charge is 0.490 e. The molecule has 2 fully saturated rings. The van der Waals surface area contributed by atoms with Crippen molar-refractivity contribution in [2.75, 3.05) is 0 Å². The number of halogens is 1. The van der Waals surface area contributed by atoms with Crippen molar-refractivity contribution in [3.8, 4) is 5.75 Å². The van der Waals surface area contributed by atoms with Gasteiger partial charge in [-0.25, -0.2) is 0 Å². The van der Waals surface area contributed by atoms with Crippen LogP contribution in [-0.2, 0) is 0 Å². The Labute approximate surface area is 114 Å². The van der Waals surface area contributed by atoms with E-state index in [1.807, 2.05) is 0 Å². The minimum absolute atomic E-state index is 0.308. The molecule has 2 aliphatic rings. The zero-order valence-corrected chi connectivity index (χ0v) is 11.5. The standard InChI is InChI=1S/C16H21ClO/c17-16-5-3-1-2-4-15(16)12-6-8-13(9-7-12)18-14-10-11-14/h6-9,14-16H,1-5,10-11H2. The van der Waals surface area contributed by atoms with Crippen molar-refractivity contribution in [2.24, 2.45) is 0 Å². The average Bonchev–Trinajstić information content (AvgIpc) is 3.19. The first-order valence-electron chi connectivity index (χ1n) is 7.23. The summed E-state index contributed by atoms with van der Waals surface area (Å²) >= 11 is 6.52. The van der Waals surface area contributed by atoms with Crippen molar-refractivity contribution < 1.29 is 4.74 Å². The molecule has 2 aliphatic carbocycles. The summed E-state index contributed by atoms with van der Waals surface area (Å²) in [6, 6.07) is 8.65. The van der Waals surface area contributed by atoms with E-state index in [1.165, 1.54) is 44.1 Å². The Hall–Kier alpha value is -0.690. The number of hydrogen-bond donors (Lipinski definition) is 0. The smallest absolute Gasteiger partial charge is 0.119 e. The van der Waals surface area contributed by atoms with Crippen LogP contribution in [0.5, 0.6) is 5.75 Å². The van der Waals surface area contributed by atoms with Crippen LogP contribution in [-0.4, -0.2) is 11.5 Å². The van der Waals surface area contributed by atoms with Gasteiger partial charge in [0.2, 0.25) is 0 Å². The molecular formula is C16H21ClO. The van der Waals surface area contributed by atoms with Gasteiger partial charge >= 0.3 is 0 Å². The van der Waals surface area contributed by atoms with Crippen LogP contribution in [0.15, 0.2) is 24.3 Å². The Balaban J connectivity index is 1.69. The SMILES string of the molecule is ClC1CCCCCC1c1ccc(OC2CC2)cc1. The first kappa shape index (κ1) is 12.3. The van der Waals surface area contributed by atoms with E-state index in [2.05, 4.69) is 24.3 Å². The molecule has 0 N–H and O–H groups in total. The summed E-state index contributed by atoms with van der Waals surface area (Å²) in [6.07, 6.45) is 9.24. The number of benzene rings is 1. The second kappa shape index (κ2) is 5.52. The average molecular weight is 265 g/mol. The summed E-state index contributed by atoms with van der Waals surface area (Å²) in [5.41, 5.74) is 1.39. The van der Waals surface area contributed by atoms with Gasteiger partial charge in [0.25, 0.3) is 0 Å². The molecule has 0 saturated heterocycles. The fourth-order valence-corrected chi connectivity index (χ4v) is 3.24. The van der Waals surface area contributed by atoms with Gasteiger partial charge in [-0.3, -0.25) is 0 Å². The molecule has 0 amide bonds. The van der Waals surface area contributed by atoms with Gasteiger partial charge in [-0.1, -0.05) is 31.4 Å². The van der Waals surface area contributed by atoms with Crippen LogP contribution in [0.1, 0.15) is 56.4 Å². The summed E-state index contributed by atoms with van der Waals surface area (Å²) in [5.74, 6) is 1.55. The van der Waals surface area contributed by atoms with Crippen LogP contribution in [0.3, 0.4) is 0 Å².